The van der Waals surface area contributed by atoms with Crippen molar-refractivity contribution in [3.05, 3.63) is 12.2 Å². The van der Waals surface area contributed by atoms with Gasteiger partial charge in [-0.1, -0.05) is 12.2 Å². The summed E-state index contributed by atoms with van der Waals surface area (Å²) >= 11 is 0. The van der Waals surface area contributed by atoms with E-state index in [1.807, 2.05) is 0 Å². The zero-order chi connectivity index (χ0) is 20.2. The second kappa shape index (κ2) is 12.7. The molecule has 0 spiro atoms. The average molecular weight is 387 g/mol. The van der Waals surface area contributed by atoms with Gasteiger partial charge < -0.3 is 30.7 Å². The molecule has 3 aliphatic heterocycles. The van der Waals surface area contributed by atoms with Crippen LogP contribution >= 0.6 is 0 Å². The van der Waals surface area contributed by atoms with E-state index in [1.54, 1.807) is 0 Å². The molecular formula is C18H33N3O6. The van der Waals surface area contributed by atoms with Crippen molar-refractivity contribution in [2.75, 3.05) is 53.0 Å². The summed E-state index contributed by atoms with van der Waals surface area (Å²) in [6.07, 6.45) is 1.47. The molecule has 0 aromatic carbocycles. The Morgan fingerprint density at radius 2 is 2.00 bits per heavy atom. The van der Waals surface area contributed by atoms with E-state index >= 15 is 0 Å². The number of hydrogen-bond donors (Lipinski definition) is 5. The van der Waals surface area contributed by atoms with Gasteiger partial charge in [0.2, 0.25) is 0 Å². The minimum atomic E-state index is -1.18. The van der Waals surface area contributed by atoms with Crippen molar-refractivity contribution >= 4 is 12.1 Å². The summed E-state index contributed by atoms with van der Waals surface area (Å²) in [4.78, 5) is 22.4. The number of methoxy groups -OCH3 is 1. The number of ether oxygens (including phenoxy) is 1. The molecule has 3 fully saturated rings. The van der Waals surface area contributed by atoms with Gasteiger partial charge in [0.1, 0.15) is 6.04 Å². The van der Waals surface area contributed by atoms with Crippen LogP contribution in [0.5, 0.6) is 0 Å². The maximum atomic E-state index is 10.7. The van der Waals surface area contributed by atoms with Crippen molar-refractivity contribution in [1.29, 1.82) is 0 Å². The quantitative estimate of drug-likeness (QED) is 0.433. The zero-order valence-corrected chi connectivity index (χ0v) is 16.0. The van der Waals surface area contributed by atoms with Crippen molar-refractivity contribution in [1.82, 2.24) is 15.5 Å². The predicted octanol–water partition coefficient (Wildman–Crippen LogP) is 0.210. The van der Waals surface area contributed by atoms with E-state index < -0.39 is 18.1 Å². The van der Waals surface area contributed by atoms with E-state index in [9.17, 15) is 9.59 Å². The molecule has 0 aromatic rings. The van der Waals surface area contributed by atoms with Crippen molar-refractivity contribution < 1.29 is 29.6 Å². The van der Waals surface area contributed by atoms with Gasteiger partial charge in [0, 0.05) is 39.3 Å². The molecule has 3 heterocycles. The number of likely N-dealkylation sites (tertiary alicyclic amines) is 1. The van der Waals surface area contributed by atoms with Gasteiger partial charge in [0.25, 0.3) is 0 Å². The lowest BCUT2D eigenvalue weighted by atomic mass is 10.1. The van der Waals surface area contributed by atoms with Crippen LogP contribution in [0.2, 0.25) is 0 Å². The lowest BCUT2D eigenvalue weighted by Crippen LogP contribution is -2.39. The van der Waals surface area contributed by atoms with Crippen LogP contribution in [0.4, 0.5) is 4.79 Å². The number of nitrogens with one attached hydrogen (secondary N) is 2. The Morgan fingerprint density at radius 3 is 2.30 bits per heavy atom. The lowest BCUT2D eigenvalue weighted by Gasteiger charge is -2.16. The molecule has 0 aliphatic carbocycles. The highest BCUT2D eigenvalue weighted by atomic mass is 16.5. The Kier molecular flexibility index (Phi) is 11.0. The Morgan fingerprint density at radius 1 is 1.26 bits per heavy atom. The maximum absolute atomic E-state index is 10.7. The first kappa shape index (κ1) is 23.4. The minimum Gasteiger partial charge on any atom is -0.480 e. The van der Waals surface area contributed by atoms with Gasteiger partial charge in [0.15, 0.2) is 0 Å². The van der Waals surface area contributed by atoms with Gasteiger partial charge in [-0.25, -0.2) is 9.59 Å². The summed E-state index contributed by atoms with van der Waals surface area (Å²) in [5.74, 6) is -0.566. The molecule has 0 aromatic heterocycles. The van der Waals surface area contributed by atoms with E-state index in [-0.39, 0.29) is 12.5 Å². The SMILES string of the molecule is C=C1CCNC1.COCC1CC(C(=O)O)N(C(=O)O)C1.OCC1CCNC1. The number of aliphatic hydroxyl groups is 1. The fraction of sp³-hybridized carbons (Fsp3) is 0.778. The number of carboxylic acids is 1. The van der Waals surface area contributed by atoms with E-state index in [0.717, 1.165) is 37.5 Å². The normalized spacial score (nSPS) is 26.8. The highest BCUT2D eigenvalue weighted by molar-refractivity contribution is 5.80. The second-order valence-corrected chi connectivity index (χ2v) is 7.06. The van der Waals surface area contributed by atoms with Crippen molar-refractivity contribution in [3.8, 4) is 0 Å². The second-order valence-electron chi connectivity index (χ2n) is 7.06. The molecule has 27 heavy (non-hydrogen) atoms. The van der Waals surface area contributed by atoms with Gasteiger partial charge in [-0.2, -0.15) is 0 Å². The zero-order valence-electron chi connectivity index (χ0n) is 16.0. The van der Waals surface area contributed by atoms with Crippen molar-refractivity contribution in [2.45, 2.75) is 25.3 Å². The predicted molar refractivity (Wildman–Crippen MR) is 101 cm³/mol. The molecule has 9 nitrogen and oxygen atoms in total. The standard InChI is InChI=1S/C8H13NO5.C5H11NO.C5H9N/c1-14-4-5-2-6(7(10)11)9(3-5)8(12)13;7-4-5-1-2-6-3-5;1-5-2-3-6-4-5/h5-6H,2-4H2,1H3,(H,10,11)(H,12,13);5-7H,1-4H2;6H,1-4H2. The van der Waals surface area contributed by atoms with Crippen LogP contribution in [-0.2, 0) is 9.53 Å². The van der Waals surface area contributed by atoms with Gasteiger partial charge in [0.05, 0.1) is 6.61 Å². The molecule has 9 heteroatoms. The van der Waals surface area contributed by atoms with E-state index in [4.69, 9.17) is 20.1 Å². The van der Waals surface area contributed by atoms with Crippen LogP contribution in [0.3, 0.4) is 0 Å². The van der Waals surface area contributed by atoms with E-state index in [2.05, 4.69) is 17.2 Å². The summed E-state index contributed by atoms with van der Waals surface area (Å²) < 4.78 is 4.87. The number of rotatable bonds is 4. The van der Waals surface area contributed by atoms with Gasteiger partial charge >= 0.3 is 12.1 Å². The number of carboxylic acid groups (broad SMARTS) is 2. The molecule has 3 aliphatic rings. The summed E-state index contributed by atoms with van der Waals surface area (Å²) in [6.45, 7) is 9.06. The summed E-state index contributed by atoms with van der Waals surface area (Å²) in [5, 5.41) is 32.4. The number of aliphatic carboxylic acids is 1. The number of hydrogen-bond acceptors (Lipinski definition) is 6. The third-order valence-corrected chi connectivity index (χ3v) is 4.77. The Labute approximate surface area is 160 Å². The first-order valence-corrected chi connectivity index (χ1v) is 9.29. The Hall–Kier alpha value is -1.68. The molecule has 156 valence electrons. The monoisotopic (exact) mass is 387 g/mol. The molecule has 0 saturated carbocycles. The van der Waals surface area contributed by atoms with Crippen LogP contribution in [0.1, 0.15) is 19.3 Å². The van der Waals surface area contributed by atoms with Gasteiger partial charge in [-0.3, -0.25) is 4.90 Å². The van der Waals surface area contributed by atoms with Crippen LogP contribution in [0.25, 0.3) is 0 Å². The van der Waals surface area contributed by atoms with Crippen LogP contribution < -0.4 is 10.6 Å². The smallest absolute Gasteiger partial charge is 0.408 e. The Bertz CT molecular complexity index is 452. The average Bonchev–Trinajstić information content (AvgIpc) is 3.37. The van der Waals surface area contributed by atoms with Crippen LogP contribution in [0, 0.1) is 11.8 Å². The molecule has 3 atom stereocenters. The molecule has 0 radical (unpaired) electrons. The van der Waals surface area contributed by atoms with Crippen molar-refractivity contribution in [3.63, 3.8) is 0 Å². The first-order valence-electron chi connectivity index (χ1n) is 9.29. The molecular weight excluding hydrogens is 354 g/mol. The number of nitrogens with zero attached hydrogens (tertiary/aromatic N) is 1. The first-order chi connectivity index (χ1) is 12.9. The highest BCUT2D eigenvalue weighted by Crippen LogP contribution is 2.23. The molecule has 1 amide bonds. The van der Waals surface area contributed by atoms with Crippen LogP contribution in [-0.4, -0.2) is 91.4 Å². The maximum Gasteiger partial charge on any atom is 0.408 e. The minimum absolute atomic E-state index is 0.0165. The summed E-state index contributed by atoms with van der Waals surface area (Å²) in [7, 11) is 1.51. The number of amides is 1. The van der Waals surface area contributed by atoms with Crippen LogP contribution in [0.15, 0.2) is 12.2 Å². The third-order valence-electron chi connectivity index (χ3n) is 4.77. The van der Waals surface area contributed by atoms with Gasteiger partial charge in [-0.05, 0) is 38.3 Å². The van der Waals surface area contributed by atoms with E-state index in [1.165, 1.54) is 19.1 Å². The Balaban J connectivity index is 0.000000231. The fourth-order valence-corrected chi connectivity index (χ4v) is 3.21. The summed E-state index contributed by atoms with van der Waals surface area (Å²) in [5.41, 5.74) is 1.34. The van der Waals surface area contributed by atoms with Crippen molar-refractivity contribution in [2.24, 2.45) is 11.8 Å². The molecule has 3 rings (SSSR count). The lowest BCUT2D eigenvalue weighted by molar-refractivity contribution is -0.141. The topological polar surface area (TPSA) is 131 Å². The number of carbonyl (C=O) groups is 2. The molecule has 5 N–H and O–H groups in total. The van der Waals surface area contributed by atoms with E-state index in [0.29, 0.717) is 25.6 Å². The fourth-order valence-electron chi connectivity index (χ4n) is 3.21. The molecule has 3 saturated heterocycles. The largest absolute Gasteiger partial charge is 0.480 e. The number of aliphatic hydroxyl groups excluding tert-OH is 1. The molecule has 3 unspecified atom stereocenters. The van der Waals surface area contributed by atoms with Gasteiger partial charge in [-0.15, -0.1) is 0 Å². The highest BCUT2D eigenvalue weighted by Gasteiger charge is 2.39. The third kappa shape index (κ3) is 8.70. The summed E-state index contributed by atoms with van der Waals surface area (Å²) in [6, 6.07) is -0.923. The molecule has 0 bridgehead atoms.